The normalized spacial score (nSPS) is 12.2. The first kappa shape index (κ1) is 22.9. The SMILES string of the molecule is CCOC(=O)C(C)(C)CCCCOCCCCC(C)(C)CC(=O)O. The van der Waals surface area contributed by atoms with Crippen LogP contribution in [-0.2, 0) is 19.1 Å². The summed E-state index contributed by atoms with van der Waals surface area (Å²) in [4.78, 5) is 22.5. The number of esters is 1. The number of hydrogen-bond acceptors (Lipinski definition) is 4. The number of unbranched alkanes of at least 4 members (excludes halogenated alkanes) is 2. The summed E-state index contributed by atoms with van der Waals surface area (Å²) in [7, 11) is 0. The number of hydrogen-bond donors (Lipinski definition) is 1. The van der Waals surface area contributed by atoms with Crippen LogP contribution < -0.4 is 0 Å². The Labute approximate surface area is 147 Å². The molecule has 0 atom stereocenters. The first-order valence-electron chi connectivity index (χ1n) is 9.07. The van der Waals surface area contributed by atoms with E-state index in [4.69, 9.17) is 14.6 Å². The highest BCUT2D eigenvalue weighted by Gasteiger charge is 2.28. The summed E-state index contributed by atoms with van der Waals surface area (Å²) in [6.07, 6.45) is 5.73. The van der Waals surface area contributed by atoms with Crippen LogP contribution in [0, 0.1) is 10.8 Å². The van der Waals surface area contributed by atoms with Crippen molar-refractivity contribution in [1.29, 1.82) is 0 Å². The Hall–Kier alpha value is -1.10. The van der Waals surface area contributed by atoms with Gasteiger partial charge in [-0.3, -0.25) is 9.59 Å². The monoisotopic (exact) mass is 344 g/mol. The summed E-state index contributed by atoms with van der Waals surface area (Å²) < 4.78 is 10.7. The van der Waals surface area contributed by atoms with Crippen molar-refractivity contribution in [2.45, 2.75) is 79.6 Å². The highest BCUT2D eigenvalue weighted by atomic mass is 16.5. The van der Waals surface area contributed by atoms with Gasteiger partial charge in [0.25, 0.3) is 0 Å². The smallest absolute Gasteiger partial charge is 0.311 e. The minimum absolute atomic E-state index is 0.130. The molecular formula is C19H36O5. The van der Waals surface area contributed by atoms with Crippen molar-refractivity contribution in [3.05, 3.63) is 0 Å². The van der Waals surface area contributed by atoms with Crippen molar-refractivity contribution in [2.75, 3.05) is 19.8 Å². The van der Waals surface area contributed by atoms with Gasteiger partial charge in [-0.15, -0.1) is 0 Å². The fourth-order valence-corrected chi connectivity index (χ4v) is 2.61. The lowest BCUT2D eigenvalue weighted by Crippen LogP contribution is -2.26. The Balaban J connectivity index is 3.61. The Kier molecular flexibility index (Phi) is 10.9. The van der Waals surface area contributed by atoms with E-state index in [2.05, 4.69) is 0 Å². The van der Waals surface area contributed by atoms with Gasteiger partial charge in [0, 0.05) is 13.2 Å². The van der Waals surface area contributed by atoms with Crippen molar-refractivity contribution in [2.24, 2.45) is 10.8 Å². The molecule has 0 aliphatic carbocycles. The van der Waals surface area contributed by atoms with Crippen LogP contribution in [0.5, 0.6) is 0 Å². The molecule has 0 unspecified atom stereocenters. The van der Waals surface area contributed by atoms with Crippen molar-refractivity contribution < 1.29 is 24.2 Å². The molecule has 0 aromatic heterocycles. The van der Waals surface area contributed by atoms with Crippen molar-refractivity contribution in [1.82, 2.24) is 0 Å². The quantitative estimate of drug-likeness (QED) is 0.373. The Morgan fingerprint density at radius 2 is 1.46 bits per heavy atom. The van der Waals surface area contributed by atoms with E-state index in [0.29, 0.717) is 19.8 Å². The predicted molar refractivity (Wildman–Crippen MR) is 95.0 cm³/mol. The molecular weight excluding hydrogens is 308 g/mol. The molecule has 0 rings (SSSR count). The van der Waals surface area contributed by atoms with E-state index < -0.39 is 11.4 Å². The lowest BCUT2D eigenvalue weighted by molar-refractivity contribution is -0.153. The zero-order valence-electron chi connectivity index (χ0n) is 16.2. The molecule has 0 saturated carbocycles. The second-order valence-corrected chi connectivity index (χ2v) is 7.87. The van der Waals surface area contributed by atoms with Gasteiger partial charge in [0.15, 0.2) is 0 Å². The van der Waals surface area contributed by atoms with Crippen LogP contribution in [0.1, 0.15) is 79.6 Å². The predicted octanol–water partition coefficient (Wildman–Crippen LogP) is 4.43. The number of carbonyl (C=O) groups excluding carboxylic acids is 1. The summed E-state index contributed by atoms with van der Waals surface area (Å²) in [5.74, 6) is -0.864. The molecule has 0 aromatic carbocycles. The second-order valence-electron chi connectivity index (χ2n) is 7.87. The standard InChI is InChI=1S/C19H36O5/c1-6-24-17(22)19(4,5)12-8-10-14-23-13-9-7-11-18(2,3)15-16(20)21/h6-15H2,1-5H3,(H,20,21). The molecule has 0 radical (unpaired) electrons. The number of carboxylic acids is 1. The molecule has 0 aliphatic rings. The Bertz CT molecular complexity index is 374. The third kappa shape index (κ3) is 11.4. The topological polar surface area (TPSA) is 72.8 Å². The molecule has 1 N–H and O–H groups in total. The zero-order chi connectivity index (χ0) is 18.6. The number of carboxylic acid groups (broad SMARTS) is 1. The minimum atomic E-state index is -0.734. The number of carbonyl (C=O) groups is 2. The average molecular weight is 344 g/mol. The lowest BCUT2D eigenvalue weighted by Gasteiger charge is -2.22. The van der Waals surface area contributed by atoms with Crippen LogP contribution in [0.15, 0.2) is 0 Å². The molecule has 0 amide bonds. The molecule has 0 bridgehead atoms. The van der Waals surface area contributed by atoms with Gasteiger partial charge in [0.2, 0.25) is 0 Å². The van der Waals surface area contributed by atoms with E-state index in [9.17, 15) is 9.59 Å². The maximum atomic E-state index is 11.8. The van der Waals surface area contributed by atoms with Crippen LogP contribution in [-0.4, -0.2) is 36.9 Å². The number of rotatable bonds is 14. The maximum Gasteiger partial charge on any atom is 0.311 e. The first-order chi connectivity index (χ1) is 11.1. The fourth-order valence-electron chi connectivity index (χ4n) is 2.61. The molecule has 0 spiro atoms. The maximum absolute atomic E-state index is 11.8. The third-order valence-electron chi connectivity index (χ3n) is 4.19. The van der Waals surface area contributed by atoms with Crippen LogP contribution in [0.2, 0.25) is 0 Å². The highest BCUT2D eigenvalue weighted by molar-refractivity contribution is 5.75. The molecule has 0 heterocycles. The molecule has 0 fully saturated rings. The van der Waals surface area contributed by atoms with E-state index in [1.54, 1.807) is 0 Å². The molecule has 0 aliphatic heterocycles. The van der Waals surface area contributed by atoms with Crippen molar-refractivity contribution >= 4 is 11.9 Å². The molecule has 142 valence electrons. The van der Waals surface area contributed by atoms with Gasteiger partial charge in [0.05, 0.1) is 18.4 Å². The minimum Gasteiger partial charge on any atom is -0.481 e. The number of ether oxygens (including phenoxy) is 2. The van der Waals surface area contributed by atoms with E-state index in [0.717, 1.165) is 38.5 Å². The molecule has 24 heavy (non-hydrogen) atoms. The van der Waals surface area contributed by atoms with Crippen LogP contribution in [0.4, 0.5) is 0 Å². The summed E-state index contributed by atoms with van der Waals surface area (Å²) in [6, 6.07) is 0. The van der Waals surface area contributed by atoms with E-state index in [-0.39, 0.29) is 17.8 Å². The van der Waals surface area contributed by atoms with Crippen LogP contribution >= 0.6 is 0 Å². The van der Waals surface area contributed by atoms with Gasteiger partial charge < -0.3 is 14.6 Å². The molecule has 0 saturated heterocycles. The summed E-state index contributed by atoms with van der Waals surface area (Å²) >= 11 is 0. The molecule has 0 aromatic rings. The van der Waals surface area contributed by atoms with Gasteiger partial charge >= 0.3 is 11.9 Å². The summed E-state index contributed by atoms with van der Waals surface area (Å²) in [6.45, 7) is 11.5. The van der Waals surface area contributed by atoms with Crippen molar-refractivity contribution in [3.63, 3.8) is 0 Å². The van der Waals surface area contributed by atoms with Crippen LogP contribution in [0.3, 0.4) is 0 Å². The van der Waals surface area contributed by atoms with E-state index >= 15 is 0 Å². The fraction of sp³-hybridized carbons (Fsp3) is 0.895. The van der Waals surface area contributed by atoms with Gasteiger partial charge in [0.1, 0.15) is 0 Å². The lowest BCUT2D eigenvalue weighted by atomic mass is 9.84. The van der Waals surface area contributed by atoms with Crippen molar-refractivity contribution in [3.8, 4) is 0 Å². The molecule has 5 heteroatoms. The van der Waals surface area contributed by atoms with Gasteiger partial charge in [-0.2, -0.15) is 0 Å². The third-order valence-corrected chi connectivity index (χ3v) is 4.19. The molecule has 5 nitrogen and oxygen atoms in total. The van der Waals surface area contributed by atoms with Gasteiger partial charge in [-0.05, 0) is 51.9 Å². The van der Waals surface area contributed by atoms with E-state index in [1.165, 1.54) is 0 Å². The van der Waals surface area contributed by atoms with Gasteiger partial charge in [-0.1, -0.05) is 26.7 Å². The second kappa shape index (κ2) is 11.5. The zero-order valence-corrected chi connectivity index (χ0v) is 16.2. The van der Waals surface area contributed by atoms with Crippen LogP contribution in [0.25, 0.3) is 0 Å². The average Bonchev–Trinajstić information content (AvgIpc) is 2.44. The first-order valence-corrected chi connectivity index (χ1v) is 9.07. The highest BCUT2D eigenvalue weighted by Crippen LogP contribution is 2.27. The summed E-state index contributed by atoms with van der Waals surface area (Å²) in [5, 5.41) is 8.84. The largest absolute Gasteiger partial charge is 0.481 e. The van der Waals surface area contributed by atoms with Gasteiger partial charge in [-0.25, -0.2) is 0 Å². The Morgan fingerprint density at radius 1 is 0.917 bits per heavy atom. The summed E-state index contributed by atoms with van der Waals surface area (Å²) in [5.41, 5.74) is -0.573. The number of aliphatic carboxylic acids is 1. The Morgan fingerprint density at radius 3 is 1.96 bits per heavy atom. The van der Waals surface area contributed by atoms with E-state index in [1.807, 2.05) is 34.6 Å².